The fourth-order valence-corrected chi connectivity index (χ4v) is 0.981. The second-order valence-corrected chi connectivity index (χ2v) is 2.86. The second kappa shape index (κ2) is 4.79. The molecule has 0 radical (unpaired) electrons. The fraction of sp³-hybridized carbons (Fsp3) is 0.182. The van der Waals surface area contributed by atoms with E-state index in [4.69, 9.17) is 0 Å². The molecule has 16 heavy (non-hydrogen) atoms. The van der Waals surface area contributed by atoms with Crippen LogP contribution in [0, 0.1) is 17.7 Å². The van der Waals surface area contributed by atoms with E-state index >= 15 is 0 Å². The third kappa shape index (κ3) is 3.09. The van der Waals surface area contributed by atoms with Crippen LogP contribution in [-0.2, 0) is 11.0 Å². The molecule has 1 nitrogen and oxygen atoms in total. The van der Waals surface area contributed by atoms with Gasteiger partial charge in [-0.1, -0.05) is 11.8 Å². The molecule has 0 heterocycles. The molecule has 0 aliphatic rings. The quantitative estimate of drug-likeness (QED) is 0.412. The van der Waals surface area contributed by atoms with Crippen molar-refractivity contribution >= 4 is 6.29 Å². The van der Waals surface area contributed by atoms with Crippen LogP contribution >= 0.6 is 0 Å². The van der Waals surface area contributed by atoms with E-state index in [1.165, 1.54) is 0 Å². The van der Waals surface area contributed by atoms with Crippen molar-refractivity contribution in [2.24, 2.45) is 0 Å². The van der Waals surface area contributed by atoms with E-state index in [2.05, 4.69) is 11.8 Å². The fourth-order valence-electron chi connectivity index (χ4n) is 0.981. The molecular weight excluding hydrogens is 224 g/mol. The number of benzene rings is 1. The summed E-state index contributed by atoms with van der Waals surface area (Å²) in [5.74, 6) is 3.53. The highest BCUT2D eigenvalue weighted by Gasteiger charge is 2.30. The van der Waals surface area contributed by atoms with E-state index in [1.54, 1.807) is 0 Å². The van der Waals surface area contributed by atoms with Crippen molar-refractivity contribution in [1.29, 1.82) is 0 Å². The summed E-state index contributed by atoms with van der Waals surface area (Å²) in [5, 5.41) is 0. The highest BCUT2D eigenvalue weighted by atomic mass is 19.4. The van der Waals surface area contributed by atoms with Crippen LogP contribution < -0.4 is 0 Å². The molecule has 0 unspecified atom stereocenters. The first-order chi connectivity index (χ1) is 7.45. The van der Waals surface area contributed by atoms with Gasteiger partial charge in [0.25, 0.3) is 0 Å². The van der Waals surface area contributed by atoms with Crippen molar-refractivity contribution < 1.29 is 22.4 Å². The molecule has 0 saturated carbocycles. The Bertz CT molecular complexity index is 451. The SMILES string of the molecule is O=CCC#Cc1ccc(C(F)(F)F)cc1F. The lowest BCUT2D eigenvalue weighted by atomic mass is 10.1. The molecule has 0 bridgehead atoms. The summed E-state index contributed by atoms with van der Waals surface area (Å²) in [6, 6.07) is 2.06. The third-order valence-corrected chi connectivity index (χ3v) is 1.70. The number of hydrogen-bond acceptors (Lipinski definition) is 1. The number of rotatable bonds is 1. The highest BCUT2D eigenvalue weighted by molar-refractivity contribution is 5.55. The zero-order chi connectivity index (χ0) is 12.2. The molecule has 5 heteroatoms. The van der Waals surface area contributed by atoms with Gasteiger partial charge in [-0.15, -0.1) is 0 Å². The summed E-state index contributed by atoms with van der Waals surface area (Å²) in [5.41, 5.74) is -1.22. The zero-order valence-electron chi connectivity index (χ0n) is 7.94. The Hall–Kier alpha value is -1.83. The van der Waals surface area contributed by atoms with Gasteiger partial charge < -0.3 is 4.79 Å². The average molecular weight is 230 g/mol. The predicted molar refractivity (Wildman–Crippen MR) is 49.0 cm³/mol. The summed E-state index contributed by atoms with van der Waals surface area (Å²) in [4.78, 5) is 9.92. The van der Waals surface area contributed by atoms with Crippen molar-refractivity contribution in [2.75, 3.05) is 0 Å². The molecule has 84 valence electrons. The van der Waals surface area contributed by atoms with Gasteiger partial charge in [0, 0.05) is 0 Å². The van der Waals surface area contributed by atoms with E-state index in [0.29, 0.717) is 12.4 Å². The van der Waals surface area contributed by atoms with E-state index in [0.717, 1.165) is 12.1 Å². The van der Waals surface area contributed by atoms with Gasteiger partial charge in [0.15, 0.2) is 0 Å². The maximum atomic E-state index is 13.1. The van der Waals surface area contributed by atoms with E-state index in [-0.39, 0.29) is 12.0 Å². The molecule has 1 rings (SSSR count). The highest BCUT2D eigenvalue weighted by Crippen LogP contribution is 2.29. The molecule has 0 aliphatic heterocycles. The average Bonchev–Trinajstić information content (AvgIpc) is 2.19. The molecule has 0 atom stereocenters. The molecule has 1 aromatic rings. The Balaban J connectivity index is 3.02. The van der Waals surface area contributed by atoms with Gasteiger partial charge >= 0.3 is 6.18 Å². The molecule has 0 amide bonds. The Morgan fingerprint density at radius 3 is 2.50 bits per heavy atom. The minimum absolute atomic E-state index is 0.0829. The van der Waals surface area contributed by atoms with Gasteiger partial charge in [0.05, 0.1) is 17.5 Å². The van der Waals surface area contributed by atoms with Crippen molar-refractivity contribution in [3.63, 3.8) is 0 Å². The molecule has 0 aliphatic carbocycles. The van der Waals surface area contributed by atoms with Crippen LogP contribution in [0.2, 0.25) is 0 Å². The van der Waals surface area contributed by atoms with E-state index in [9.17, 15) is 22.4 Å². The first kappa shape index (κ1) is 12.2. The number of hydrogen-bond donors (Lipinski definition) is 0. The molecule has 0 spiro atoms. The Morgan fingerprint density at radius 1 is 1.31 bits per heavy atom. The van der Waals surface area contributed by atoms with Crippen molar-refractivity contribution in [1.82, 2.24) is 0 Å². The number of carbonyl (C=O) groups is 1. The Labute approximate surface area is 89.1 Å². The van der Waals surface area contributed by atoms with Crippen molar-refractivity contribution in [3.05, 3.63) is 35.1 Å². The largest absolute Gasteiger partial charge is 0.416 e. The number of aldehydes is 1. The predicted octanol–water partition coefficient (Wildman–Crippen LogP) is 2.79. The van der Waals surface area contributed by atoms with Gasteiger partial charge in [-0.2, -0.15) is 13.2 Å². The van der Waals surface area contributed by atoms with Gasteiger partial charge in [-0.05, 0) is 18.2 Å². The van der Waals surface area contributed by atoms with Crippen LogP contribution in [0.5, 0.6) is 0 Å². The van der Waals surface area contributed by atoms with Crippen LogP contribution in [0.1, 0.15) is 17.5 Å². The number of alkyl halides is 3. The lowest BCUT2D eigenvalue weighted by molar-refractivity contribution is -0.137. The molecule has 0 saturated heterocycles. The summed E-state index contributed by atoms with van der Waals surface area (Å²) in [6.45, 7) is 0. The van der Waals surface area contributed by atoms with E-state index in [1.807, 2.05) is 0 Å². The second-order valence-electron chi connectivity index (χ2n) is 2.86. The van der Waals surface area contributed by atoms with Crippen LogP contribution in [0.3, 0.4) is 0 Å². The zero-order valence-corrected chi connectivity index (χ0v) is 7.94. The molecular formula is C11H6F4O. The van der Waals surface area contributed by atoms with Crippen molar-refractivity contribution in [2.45, 2.75) is 12.6 Å². The normalized spacial score (nSPS) is 10.5. The summed E-state index contributed by atoms with van der Waals surface area (Å²) in [6.07, 6.45) is -4.13. The lowest BCUT2D eigenvalue weighted by Crippen LogP contribution is -2.05. The molecule has 0 aromatic heterocycles. The van der Waals surface area contributed by atoms with Gasteiger partial charge in [-0.3, -0.25) is 0 Å². The Kier molecular flexibility index (Phi) is 3.67. The summed E-state index contributed by atoms with van der Waals surface area (Å²) >= 11 is 0. The van der Waals surface area contributed by atoms with Crippen LogP contribution in [0.4, 0.5) is 17.6 Å². The Morgan fingerprint density at radius 2 is 2.00 bits per heavy atom. The summed E-state index contributed by atoms with van der Waals surface area (Å²) in [7, 11) is 0. The molecule has 1 aromatic carbocycles. The minimum atomic E-state index is -4.57. The molecule has 0 N–H and O–H groups in total. The van der Waals surface area contributed by atoms with Crippen LogP contribution in [0.25, 0.3) is 0 Å². The number of halogens is 4. The van der Waals surface area contributed by atoms with Crippen LogP contribution in [0.15, 0.2) is 18.2 Å². The minimum Gasteiger partial charge on any atom is -0.302 e. The topological polar surface area (TPSA) is 17.1 Å². The maximum Gasteiger partial charge on any atom is 0.416 e. The summed E-state index contributed by atoms with van der Waals surface area (Å²) < 4.78 is 49.6. The van der Waals surface area contributed by atoms with Crippen molar-refractivity contribution in [3.8, 4) is 11.8 Å². The van der Waals surface area contributed by atoms with Crippen LogP contribution in [-0.4, -0.2) is 6.29 Å². The first-order valence-electron chi connectivity index (χ1n) is 4.24. The first-order valence-corrected chi connectivity index (χ1v) is 4.24. The third-order valence-electron chi connectivity index (χ3n) is 1.70. The standard InChI is InChI=1S/C11H6F4O/c12-10-7-9(11(13,14)15)5-4-8(10)3-1-2-6-16/h4-7H,2H2. The van der Waals surface area contributed by atoms with Gasteiger partial charge in [0.2, 0.25) is 0 Å². The monoisotopic (exact) mass is 230 g/mol. The lowest BCUT2D eigenvalue weighted by Gasteiger charge is -2.06. The number of carbonyl (C=O) groups excluding carboxylic acids is 1. The molecule has 0 fully saturated rings. The van der Waals surface area contributed by atoms with E-state index < -0.39 is 17.6 Å². The van der Waals surface area contributed by atoms with Gasteiger partial charge in [-0.25, -0.2) is 4.39 Å². The maximum absolute atomic E-state index is 13.1. The van der Waals surface area contributed by atoms with Gasteiger partial charge in [0.1, 0.15) is 12.1 Å². The smallest absolute Gasteiger partial charge is 0.302 e.